The molecule has 3 nitrogen and oxygen atoms in total. The second-order valence-electron chi connectivity index (χ2n) is 4.06. The smallest absolute Gasteiger partial charge is 0.130 e. The van der Waals surface area contributed by atoms with E-state index in [0.29, 0.717) is 0 Å². The lowest BCUT2D eigenvalue weighted by Crippen LogP contribution is -2.16. The molecule has 3 aromatic rings. The van der Waals surface area contributed by atoms with E-state index in [2.05, 4.69) is 28.6 Å². The summed E-state index contributed by atoms with van der Waals surface area (Å²) in [5, 5.41) is 3.34. The number of aromatic nitrogens is 2. The van der Waals surface area contributed by atoms with Crippen molar-refractivity contribution in [1.82, 2.24) is 9.55 Å². The van der Waals surface area contributed by atoms with Crippen molar-refractivity contribution in [2.45, 2.75) is 6.04 Å². The molecule has 0 aliphatic heterocycles. The van der Waals surface area contributed by atoms with Crippen LogP contribution in [0.15, 0.2) is 42.0 Å². The Kier molecular flexibility index (Phi) is 2.46. The molecule has 2 aromatic heterocycles. The van der Waals surface area contributed by atoms with Gasteiger partial charge in [-0.3, -0.25) is 0 Å². The number of imidazole rings is 1. The van der Waals surface area contributed by atoms with E-state index in [4.69, 9.17) is 5.73 Å². The Morgan fingerprint density at radius 1 is 1.35 bits per heavy atom. The molecule has 0 saturated heterocycles. The van der Waals surface area contributed by atoms with E-state index < -0.39 is 0 Å². The molecule has 2 N–H and O–H groups in total. The van der Waals surface area contributed by atoms with Crippen molar-refractivity contribution in [3.63, 3.8) is 0 Å². The molecule has 3 rings (SSSR count). The van der Waals surface area contributed by atoms with Crippen molar-refractivity contribution >= 4 is 21.4 Å². The first-order valence-corrected chi connectivity index (χ1v) is 6.34. The SMILES string of the molecule is Cn1ccnc1C(N)c1cccc2ccsc12. The molecule has 0 saturated carbocycles. The number of aryl methyl sites for hydroxylation is 1. The Labute approximate surface area is 104 Å². The van der Waals surface area contributed by atoms with E-state index in [1.54, 1.807) is 17.5 Å². The number of hydrogen-bond acceptors (Lipinski definition) is 3. The van der Waals surface area contributed by atoms with Gasteiger partial charge in [0.2, 0.25) is 0 Å². The summed E-state index contributed by atoms with van der Waals surface area (Å²) < 4.78 is 3.22. The van der Waals surface area contributed by atoms with Gasteiger partial charge in [0.25, 0.3) is 0 Å². The highest BCUT2D eigenvalue weighted by atomic mass is 32.1. The molecule has 4 heteroatoms. The molecule has 2 heterocycles. The minimum atomic E-state index is -0.169. The largest absolute Gasteiger partial charge is 0.336 e. The van der Waals surface area contributed by atoms with E-state index in [-0.39, 0.29) is 6.04 Å². The summed E-state index contributed by atoms with van der Waals surface area (Å²) in [6.07, 6.45) is 3.70. The summed E-state index contributed by atoms with van der Waals surface area (Å²) in [6, 6.07) is 8.19. The zero-order valence-electron chi connectivity index (χ0n) is 9.50. The molecule has 86 valence electrons. The van der Waals surface area contributed by atoms with Crippen molar-refractivity contribution in [3.05, 3.63) is 53.4 Å². The fourth-order valence-electron chi connectivity index (χ4n) is 2.08. The van der Waals surface area contributed by atoms with E-state index in [1.165, 1.54) is 10.1 Å². The third-order valence-electron chi connectivity index (χ3n) is 2.98. The zero-order chi connectivity index (χ0) is 11.8. The molecule has 0 radical (unpaired) electrons. The van der Waals surface area contributed by atoms with Crippen LogP contribution in [0, 0.1) is 0 Å². The summed E-state index contributed by atoms with van der Waals surface area (Å²) >= 11 is 1.73. The van der Waals surface area contributed by atoms with Crippen LogP contribution in [0.4, 0.5) is 0 Å². The van der Waals surface area contributed by atoms with Gasteiger partial charge in [0.1, 0.15) is 5.82 Å². The minimum absolute atomic E-state index is 0.169. The average molecular weight is 243 g/mol. The fourth-order valence-corrected chi connectivity index (χ4v) is 3.03. The molecule has 1 aromatic carbocycles. The molecular formula is C13H13N3S. The van der Waals surface area contributed by atoms with Crippen molar-refractivity contribution < 1.29 is 0 Å². The summed E-state index contributed by atoms with van der Waals surface area (Å²) in [4.78, 5) is 4.33. The maximum atomic E-state index is 6.31. The maximum Gasteiger partial charge on any atom is 0.130 e. The van der Waals surface area contributed by atoms with Crippen LogP contribution in [0.25, 0.3) is 10.1 Å². The Morgan fingerprint density at radius 3 is 3.00 bits per heavy atom. The van der Waals surface area contributed by atoms with Gasteiger partial charge in [-0.05, 0) is 22.4 Å². The Morgan fingerprint density at radius 2 is 2.24 bits per heavy atom. The molecule has 0 amide bonds. The first-order valence-electron chi connectivity index (χ1n) is 5.46. The lowest BCUT2D eigenvalue weighted by atomic mass is 10.1. The van der Waals surface area contributed by atoms with Gasteiger partial charge in [-0.25, -0.2) is 4.98 Å². The normalized spacial score (nSPS) is 13.1. The third-order valence-corrected chi connectivity index (χ3v) is 3.96. The van der Waals surface area contributed by atoms with Crippen LogP contribution in [-0.2, 0) is 7.05 Å². The maximum absolute atomic E-state index is 6.31. The van der Waals surface area contributed by atoms with Gasteiger partial charge in [0.15, 0.2) is 0 Å². The van der Waals surface area contributed by atoms with Crippen LogP contribution >= 0.6 is 11.3 Å². The summed E-state index contributed by atoms with van der Waals surface area (Å²) in [5.74, 6) is 0.894. The topological polar surface area (TPSA) is 43.8 Å². The standard InChI is InChI=1S/C13H13N3S/c1-16-7-6-15-13(16)11(14)10-4-2-3-9-5-8-17-12(9)10/h2-8,11H,14H2,1H3. The van der Waals surface area contributed by atoms with Crippen LogP contribution < -0.4 is 5.73 Å². The molecule has 17 heavy (non-hydrogen) atoms. The first kappa shape index (κ1) is 10.5. The summed E-state index contributed by atoms with van der Waals surface area (Å²) in [7, 11) is 1.97. The van der Waals surface area contributed by atoms with Gasteiger partial charge in [0.05, 0.1) is 6.04 Å². The van der Waals surface area contributed by atoms with Gasteiger partial charge in [0, 0.05) is 24.1 Å². The zero-order valence-corrected chi connectivity index (χ0v) is 10.3. The van der Waals surface area contributed by atoms with Crippen molar-refractivity contribution in [3.8, 4) is 0 Å². The Hall–Kier alpha value is -1.65. The number of benzene rings is 1. The second-order valence-corrected chi connectivity index (χ2v) is 4.98. The van der Waals surface area contributed by atoms with Crippen LogP contribution in [0.3, 0.4) is 0 Å². The number of hydrogen-bond donors (Lipinski definition) is 1. The average Bonchev–Trinajstić information content (AvgIpc) is 2.95. The highest BCUT2D eigenvalue weighted by molar-refractivity contribution is 7.17. The van der Waals surface area contributed by atoms with Crippen molar-refractivity contribution in [2.75, 3.05) is 0 Å². The van der Waals surface area contributed by atoms with E-state index >= 15 is 0 Å². The molecule has 0 spiro atoms. The third kappa shape index (κ3) is 1.66. The lowest BCUT2D eigenvalue weighted by Gasteiger charge is -2.12. The number of fused-ring (bicyclic) bond motifs is 1. The molecular weight excluding hydrogens is 230 g/mol. The molecule has 1 unspecified atom stereocenters. The van der Waals surface area contributed by atoms with Crippen LogP contribution in [0.5, 0.6) is 0 Å². The number of nitrogens with two attached hydrogens (primary N) is 1. The Balaban J connectivity index is 2.15. The van der Waals surface area contributed by atoms with Crippen LogP contribution in [0.1, 0.15) is 17.4 Å². The van der Waals surface area contributed by atoms with Crippen LogP contribution in [0.2, 0.25) is 0 Å². The predicted octanol–water partition coefficient (Wildman–Crippen LogP) is 2.68. The molecule has 0 aliphatic rings. The monoisotopic (exact) mass is 243 g/mol. The van der Waals surface area contributed by atoms with Gasteiger partial charge in [-0.2, -0.15) is 0 Å². The first-order chi connectivity index (χ1) is 8.27. The number of rotatable bonds is 2. The summed E-state index contributed by atoms with van der Waals surface area (Å²) in [5.41, 5.74) is 7.46. The van der Waals surface area contributed by atoms with Crippen molar-refractivity contribution in [1.29, 1.82) is 0 Å². The lowest BCUT2D eigenvalue weighted by molar-refractivity contribution is 0.721. The molecule has 0 bridgehead atoms. The molecule has 0 aliphatic carbocycles. The van der Waals surface area contributed by atoms with Gasteiger partial charge in [-0.1, -0.05) is 18.2 Å². The minimum Gasteiger partial charge on any atom is -0.336 e. The van der Waals surface area contributed by atoms with Crippen molar-refractivity contribution in [2.24, 2.45) is 12.8 Å². The van der Waals surface area contributed by atoms with E-state index in [0.717, 1.165) is 11.4 Å². The van der Waals surface area contributed by atoms with E-state index in [1.807, 2.05) is 23.9 Å². The van der Waals surface area contributed by atoms with Gasteiger partial charge in [-0.15, -0.1) is 11.3 Å². The van der Waals surface area contributed by atoms with Gasteiger partial charge >= 0.3 is 0 Å². The van der Waals surface area contributed by atoms with Gasteiger partial charge < -0.3 is 10.3 Å². The second kappa shape index (κ2) is 3.98. The quantitative estimate of drug-likeness (QED) is 0.752. The highest BCUT2D eigenvalue weighted by Crippen LogP contribution is 2.30. The summed E-state index contributed by atoms with van der Waals surface area (Å²) in [6.45, 7) is 0. The van der Waals surface area contributed by atoms with Crippen LogP contribution in [-0.4, -0.2) is 9.55 Å². The predicted molar refractivity (Wildman–Crippen MR) is 71.1 cm³/mol. The molecule has 1 atom stereocenters. The Bertz CT molecular complexity index is 653. The highest BCUT2D eigenvalue weighted by Gasteiger charge is 2.16. The van der Waals surface area contributed by atoms with E-state index in [9.17, 15) is 0 Å². The fraction of sp³-hybridized carbons (Fsp3) is 0.154. The molecule has 0 fully saturated rings. The number of thiophene rings is 1. The number of nitrogens with zero attached hydrogens (tertiary/aromatic N) is 2.